The van der Waals surface area contributed by atoms with Crippen LogP contribution in [-0.4, -0.2) is 9.55 Å². The second-order valence-electron chi connectivity index (χ2n) is 4.41. The van der Waals surface area contributed by atoms with Crippen LogP contribution in [-0.2, 0) is 0 Å². The maximum absolute atomic E-state index is 12.2. The molecule has 0 saturated carbocycles. The lowest BCUT2D eigenvalue weighted by atomic mass is 10.2. The van der Waals surface area contributed by atoms with E-state index in [9.17, 15) is 4.79 Å². The number of para-hydroxylation sites is 1. The van der Waals surface area contributed by atoms with Crippen LogP contribution in [0.4, 0.5) is 5.82 Å². The standard InChI is InChI=1S/C14H13N3OS/c1-8-9(2)19-13-11(8)12(15)17(14(18)16-13)10-6-4-3-5-7-10/h3-7H,15H2,1-2H3. The molecule has 0 radical (unpaired) electrons. The Morgan fingerprint density at radius 3 is 2.58 bits per heavy atom. The summed E-state index contributed by atoms with van der Waals surface area (Å²) in [4.78, 5) is 18.1. The molecule has 0 saturated heterocycles. The van der Waals surface area contributed by atoms with Gasteiger partial charge in [-0.3, -0.25) is 0 Å². The number of benzene rings is 1. The van der Waals surface area contributed by atoms with Gasteiger partial charge in [-0.1, -0.05) is 18.2 Å². The summed E-state index contributed by atoms with van der Waals surface area (Å²) in [5.41, 5.74) is 7.69. The molecule has 2 N–H and O–H groups in total. The highest BCUT2D eigenvalue weighted by Crippen LogP contribution is 2.32. The largest absolute Gasteiger partial charge is 0.384 e. The Bertz CT molecular complexity index is 818. The highest BCUT2D eigenvalue weighted by atomic mass is 32.1. The summed E-state index contributed by atoms with van der Waals surface area (Å²) >= 11 is 1.51. The number of thiophene rings is 1. The molecule has 0 bridgehead atoms. The molecule has 19 heavy (non-hydrogen) atoms. The number of anilines is 1. The molecule has 0 amide bonds. The lowest BCUT2D eigenvalue weighted by molar-refractivity contribution is 0.953. The van der Waals surface area contributed by atoms with Gasteiger partial charge in [0.2, 0.25) is 0 Å². The Morgan fingerprint density at radius 2 is 1.89 bits per heavy atom. The average molecular weight is 271 g/mol. The summed E-state index contributed by atoms with van der Waals surface area (Å²) in [7, 11) is 0. The van der Waals surface area contributed by atoms with Crippen LogP contribution >= 0.6 is 11.3 Å². The van der Waals surface area contributed by atoms with E-state index in [2.05, 4.69) is 4.98 Å². The second-order valence-corrected chi connectivity index (χ2v) is 5.62. The Morgan fingerprint density at radius 1 is 1.21 bits per heavy atom. The second kappa shape index (κ2) is 4.20. The van der Waals surface area contributed by atoms with Gasteiger partial charge in [-0.15, -0.1) is 11.3 Å². The van der Waals surface area contributed by atoms with E-state index in [1.807, 2.05) is 44.2 Å². The number of fused-ring (bicyclic) bond motifs is 1. The zero-order valence-corrected chi connectivity index (χ0v) is 11.5. The van der Waals surface area contributed by atoms with Crippen LogP contribution in [0.5, 0.6) is 0 Å². The third-order valence-electron chi connectivity index (χ3n) is 3.27. The molecule has 96 valence electrons. The van der Waals surface area contributed by atoms with Crippen LogP contribution in [0.1, 0.15) is 10.4 Å². The third kappa shape index (κ3) is 1.74. The molecule has 0 fully saturated rings. The molecule has 4 nitrogen and oxygen atoms in total. The molecule has 0 unspecified atom stereocenters. The summed E-state index contributed by atoms with van der Waals surface area (Å²) < 4.78 is 1.46. The number of nitrogens with zero attached hydrogens (tertiary/aromatic N) is 2. The Labute approximate surface area is 114 Å². The van der Waals surface area contributed by atoms with Crippen molar-refractivity contribution in [3.63, 3.8) is 0 Å². The summed E-state index contributed by atoms with van der Waals surface area (Å²) in [6.45, 7) is 4.02. The SMILES string of the molecule is Cc1sc2nc(=O)n(-c3ccccc3)c(N)c2c1C. The highest BCUT2D eigenvalue weighted by Gasteiger charge is 2.15. The average Bonchev–Trinajstić information content (AvgIpc) is 2.66. The van der Waals surface area contributed by atoms with Crippen molar-refractivity contribution in [3.05, 3.63) is 51.3 Å². The Hall–Kier alpha value is -2.14. The van der Waals surface area contributed by atoms with E-state index in [-0.39, 0.29) is 5.69 Å². The van der Waals surface area contributed by atoms with Crippen LogP contribution in [0.25, 0.3) is 15.9 Å². The maximum Gasteiger partial charge on any atom is 0.355 e. The fourth-order valence-corrected chi connectivity index (χ4v) is 3.20. The molecule has 3 rings (SSSR count). The van der Waals surface area contributed by atoms with Crippen LogP contribution in [0.2, 0.25) is 0 Å². The predicted octanol–water partition coefficient (Wildman–Crippen LogP) is 2.65. The van der Waals surface area contributed by atoms with E-state index in [4.69, 9.17) is 5.73 Å². The molecular formula is C14H13N3OS. The van der Waals surface area contributed by atoms with Crippen LogP contribution in [0, 0.1) is 13.8 Å². The molecule has 5 heteroatoms. The van der Waals surface area contributed by atoms with Gasteiger partial charge in [0, 0.05) is 4.88 Å². The van der Waals surface area contributed by atoms with Crippen LogP contribution in [0.15, 0.2) is 35.1 Å². The van der Waals surface area contributed by atoms with E-state index in [1.54, 1.807) is 0 Å². The molecule has 0 atom stereocenters. The van der Waals surface area contributed by atoms with E-state index in [1.165, 1.54) is 15.9 Å². The zero-order chi connectivity index (χ0) is 13.6. The van der Waals surface area contributed by atoms with Crippen molar-refractivity contribution in [2.24, 2.45) is 0 Å². The minimum absolute atomic E-state index is 0.336. The molecule has 2 heterocycles. The Balaban J connectivity index is 2.44. The lowest BCUT2D eigenvalue weighted by Crippen LogP contribution is -2.23. The van der Waals surface area contributed by atoms with Crippen molar-refractivity contribution in [2.75, 3.05) is 5.73 Å². The van der Waals surface area contributed by atoms with E-state index in [0.717, 1.165) is 21.5 Å². The number of nitrogen functional groups attached to an aromatic ring is 1. The van der Waals surface area contributed by atoms with Gasteiger partial charge in [0.1, 0.15) is 10.6 Å². The van der Waals surface area contributed by atoms with Gasteiger partial charge in [0.25, 0.3) is 0 Å². The third-order valence-corrected chi connectivity index (χ3v) is 4.37. The molecule has 0 spiro atoms. The normalized spacial score (nSPS) is 11.1. The van der Waals surface area contributed by atoms with Crippen molar-refractivity contribution in [1.82, 2.24) is 9.55 Å². The number of hydrogen-bond donors (Lipinski definition) is 1. The van der Waals surface area contributed by atoms with Crippen molar-refractivity contribution in [3.8, 4) is 5.69 Å². The van der Waals surface area contributed by atoms with Gasteiger partial charge in [0.05, 0.1) is 11.1 Å². The smallest absolute Gasteiger partial charge is 0.355 e. The highest BCUT2D eigenvalue weighted by molar-refractivity contribution is 7.18. The van der Waals surface area contributed by atoms with Gasteiger partial charge in [-0.05, 0) is 31.5 Å². The molecule has 1 aromatic carbocycles. The maximum atomic E-state index is 12.2. The van der Waals surface area contributed by atoms with Gasteiger partial charge in [0.15, 0.2) is 0 Å². The van der Waals surface area contributed by atoms with Crippen LogP contribution < -0.4 is 11.4 Å². The summed E-state index contributed by atoms with van der Waals surface area (Å²) in [6, 6.07) is 9.34. The minimum atomic E-state index is -0.336. The zero-order valence-electron chi connectivity index (χ0n) is 10.7. The van der Waals surface area contributed by atoms with Gasteiger partial charge in [-0.2, -0.15) is 4.98 Å². The number of hydrogen-bond acceptors (Lipinski definition) is 4. The first-order valence-electron chi connectivity index (χ1n) is 5.93. The molecule has 3 aromatic rings. The monoisotopic (exact) mass is 271 g/mol. The lowest BCUT2D eigenvalue weighted by Gasteiger charge is -2.09. The molecule has 0 aliphatic heterocycles. The van der Waals surface area contributed by atoms with Crippen LogP contribution in [0.3, 0.4) is 0 Å². The van der Waals surface area contributed by atoms with Crippen molar-refractivity contribution in [1.29, 1.82) is 0 Å². The van der Waals surface area contributed by atoms with Crippen molar-refractivity contribution >= 4 is 27.4 Å². The van der Waals surface area contributed by atoms with E-state index >= 15 is 0 Å². The van der Waals surface area contributed by atoms with E-state index < -0.39 is 0 Å². The van der Waals surface area contributed by atoms with Gasteiger partial charge < -0.3 is 5.73 Å². The fourth-order valence-electron chi connectivity index (χ4n) is 2.17. The molecule has 2 aromatic heterocycles. The quantitative estimate of drug-likeness (QED) is 0.740. The van der Waals surface area contributed by atoms with Crippen molar-refractivity contribution in [2.45, 2.75) is 13.8 Å². The first-order valence-corrected chi connectivity index (χ1v) is 6.75. The Kier molecular flexibility index (Phi) is 2.64. The summed E-state index contributed by atoms with van der Waals surface area (Å²) in [6.07, 6.45) is 0. The topological polar surface area (TPSA) is 60.9 Å². The van der Waals surface area contributed by atoms with Gasteiger partial charge >= 0.3 is 5.69 Å². The first-order chi connectivity index (χ1) is 9.09. The number of aryl methyl sites for hydroxylation is 2. The van der Waals surface area contributed by atoms with E-state index in [0.29, 0.717) is 10.6 Å². The fraction of sp³-hybridized carbons (Fsp3) is 0.143. The summed E-state index contributed by atoms with van der Waals surface area (Å²) in [5, 5.41) is 0.881. The van der Waals surface area contributed by atoms with Gasteiger partial charge in [-0.25, -0.2) is 9.36 Å². The van der Waals surface area contributed by atoms with Crippen molar-refractivity contribution < 1.29 is 0 Å². The predicted molar refractivity (Wildman–Crippen MR) is 79.1 cm³/mol. The number of rotatable bonds is 1. The molecular weight excluding hydrogens is 258 g/mol. The number of aromatic nitrogens is 2. The summed E-state index contributed by atoms with van der Waals surface area (Å²) in [5.74, 6) is 0.461. The molecule has 0 aliphatic carbocycles. The minimum Gasteiger partial charge on any atom is -0.384 e. The molecule has 0 aliphatic rings. The first kappa shape index (κ1) is 11.9. The number of nitrogens with two attached hydrogens (primary N) is 1.